The molecule has 0 saturated heterocycles. The van der Waals surface area contributed by atoms with Gasteiger partial charge >= 0.3 is 0 Å². The molecular weight excluding hydrogens is 242 g/mol. The molecule has 0 aliphatic rings. The Bertz CT molecular complexity index is 466. The van der Waals surface area contributed by atoms with Gasteiger partial charge < -0.3 is 10.1 Å². The van der Waals surface area contributed by atoms with Gasteiger partial charge in [-0.25, -0.2) is 0 Å². The third-order valence-corrected chi connectivity index (χ3v) is 2.70. The highest BCUT2D eigenvalue weighted by atomic mass is 16.5. The number of nitriles is 1. The Morgan fingerprint density at radius 2 is 2.26 bits per heavy atom. The maximum atomic E-state index is 11.9. The van der Waals surface area contributed by atoms with Crippen molar-refractivity contribution in [2.24, 2.45) is 0 Å². The van der Waals surface area contributed by atoms with Gasteiger partial charge in [-0.05, 0) is 26.0 Å². The molecule has 0 fully saturated rings. The third kappa shape index (κ3) is 4.98. The van der Waals surface area contributed by atoms with Crippen LogP contribution in [0.3, 0.4) is 0 Å². The van der Waals surface area contributed by atoms with Crippen molar-refractivity contribution in [2.75, 3.05) is 25.5 Å². The SMILES string of the molecule is COc1cccc(NC(=O)CN(CC#N)C(C)C)c1. The molecule has 102 valence electrons. The molecule has 0 aromatic heterocycles. The van der Waals surface area contributed by atoms with Gasteiger partial charge in [0, 0.05) is 17.8 Å². The van der Waals surface area contributed by atoms with Gasteiger partial charge in [0.1, 0.15) is 5.75 Å². The quantitative estimate of drug-likeness (QED) is 0.794. The summed E-state index contributed by atoms with van der Waals surface area (Å²) in [6, 6.07) is 9.38. The molecule has 5 heteroatoms. The Kier molecular flexibility index (Phi) is 5.83. The summed E-state index contributed by atoms with van der Waals surface area (Å²) in [4.78, 5) is 13.7. The van der Waals surface area contributed by atoms with Gasteiger partial charge in [0.25, 0.3) is 0 Å². The van der Waals surface area contributed by atoms with E-state index in [1.165, 1.54) is 0 Å². The van der Waals surface area contributed by atoms with E-state index >= 15 is 0 Å². The highest BCUT2D eigenvalue weighted by Crippen LogP contribution is 2.16. The minimum Gasteiger partial charge on any atom is -0.497 e. The number of benzene rings is 1. The predicted molar refractivity (Wildman–Crippen MR) is 73.9 cm³/mol. The number of carbonyl (C=O) groups excluding carboxylic acids is 1. The summed E-state index contributed by atoms with van der Waals surface area (Å²) >= 11 is 0. The zero-order valence-electron chi connectivity index (χ0n) is 11.5. The molecular formula is C14H19N3O2. The van der Waals surface area contributed by atoms with Crippen LogP contribution in [0.4, 0.5) is 5.69 Å². The van der Waals surface area contributed by atoms with Crippen molar-refractivity contribution in [1.82, 2.24) is 4.90 Å². The predicted octanol–water partition coefficient (Wildman–Crippen LogP) is 1.87. The van der Waals surface area contributed by atoms with E-state index in [0.717, 1.165) is 0 Å². The smallest absolute Gasteiger partial charge is 0.238 e. The number of methoxy groups -OCH3 is 1. The Morgan fingerprint density at radius 3 is 2.84 bits per heavy atom. The normalized spacial score (nSPS) is 10.3. The molecule has 5 nitrogen and oxygen atoms in total. The number of hydrogen-bond donors (Lipinski definition) is 1. The van der Waals surface area contributed by atoms with E-state index in [0.29, 0.717) is 11.4 Å². The number of hydrogen-bond acceptors (Lipinski definition) is 4. The van der Waals surface area contributed by atoms with Crippen molar-refractivity contribution in [3.05, 3.63) is 24.3 Å². The largest absolute Gasteiger partial charge is 0.497 e. The summed E-state index contributed by atoms with van der Waals surface area (Å²) in [7, 11) is 1.58. The number of nitrogens with one attached hydrogen (secondary N) is 1. The Morgan fingerprint density at radius 1 is 1.53 bits per heavy atom. The summed E-state index contributed by atoms with van der Waals surface area (Å²) in [6.45, 7) is 4.35. The average Bonchev–Trinajstić information content (AvgIpc) is 2.38. The molecule has 0 bridgehead atoms. The molecule has 0 aliphatic heterocycles. The van der Waals surface area contributed by atoms with Crippen LogP contribution in [0.25, 0.3) is 0 Å². The Balaban J connectivity index is 2.61. The fourth-order valence-corrected chi connectivity index (χ4v) is 1.60. The molecule has 19 heavy (non-hydrogen) atoms. The van der Waals surface area contributed by atoms with Crippen LogP contribution in [-0.2, 0) is 4.79 Å². The second kappa shape index (κ2) is 7.39. The number of carbonyl (C=O) groups is 1. The van der Waals surface area contributed by atoms with E-state index in [1.807, 2.05) is 26.0 Å². The maximum Gasteiger partial charge on any atom is 0.238 e. The molecule has 0 heterocycles. The van der Waals surface area contributed by atoms with Crippen molar-refractivity contribution in [1.29, 1.82) is 5.26 Å². The van der Waals surface area contributed by atoms with Gasteiger partial charge in [0.05, 0.1) is 26.3 Å². The maximum absolute atomic E-state index is 11.9. The van der Waals surface area contributed by atoms with Gasteiger partial charge in [0.2, 0.25) is 5.91 Å². The highest BCUT2D eigenvalue weighted by Gasteiger charge is 2.13. The van der Waals surface area contributed by atoms with Crippen LogP contribution in [-0.4, -0.2) is 37.0 Å². The highest BCUT2D eigenvalue weighted by molar-refractivity contribution is 5.92. The lowest BCUT2D eigenvalue weighted by Crippen LogP contribution is -2.38. The van der Waals surface area contributed by atoms with Gasteiger partial charge in [-0.2, -0.15) is 5.26 Å². The van der Waals surface area contributed by atoms with Crippen LogP contribution >= 0.6 is 0 Å². The molecule has 1 aromatic carbocycles. The van der Waals surface area contributed by atoms with E-state index in [2.05, 4.69) is 11.4 Å². The molecule has 0 spiro atoms. The Labute approximate surface area is 113 Å². The van der Waals surface area contributed by atoms with E-state index in [4.69, 9.17) is 10.00 Å². The fourth-order valence-electron chi connectivity index (χ4n) is 1.60. The summed E-state index contributed by atoms with van der Waals surface area (Å²) in [5.41, 5.74) is 0.685. The molecule has 1 aromatic rings. The lowest BCUT2D eigenvalue weighted by Gasteiger charge is -2.22. The van der Waals surface area contributed by atoms with Crippen molar-refractivity contribution in [2.45, 2.75) is 19.9 Å². The van der Waals surface area contributed by atoms with Crippen LogP contribution in [0.2, 0.25) is 0 Å². The van der Waals surface area contributed by atoms with Crippen molar-refractivity contribution in [3.63, 3.8) is 0 Å². The van der Waals surface area contributed by atoms with Crippen LogP contribution in [0, 0.1) is 11.3 Å². The minimum absolute atomic E-state index is 0.141. The summed E-state index contributed by atoms with van der Waals surface area (Å²) in [5, 5.41) is 11.5. The summed E-state index contributed by atoms with van der Waals surface area (Å²) < 4.78 is 5.09. The molecule has 1 amide bonds. The monoisotopic (exact) mass is 261 g/mol. The first kappa shape index (κ1) is 15.0. The summed E-state index contributed by atoms with van der Waals surface area (Å²) in [5.74, 6) is 0.549. The van der Waals surface area contributed by atoms with Gasteiger partial charge in [-0.3, -0.25) is 9.69 Å². The van der Waals surface area contributed by atoms with E-state index in [1.54, 1.807) is 24.1 Å². The molecule has 0 unspecified atom stereocenters. The van der Waals surface area contributed by atoms with Crippen LogP contribution < -0.4 is 10.1 Å². The number of nitrogens with zero attached hydrogens (tertiary/aromatic N) is 2. The van der Waals surface area contributed by atoms with Crippen molar-refractivity contribution >= 4 is 11.6 Å². The van der Waals surface area contributed by atoms with E-state index < -0.39 is 0 Å². The topological polar surface area (TPSA) is 65.4 Å². The average molecular weight is 261 g/mol. The number of amides is 1. The second-order valence-corrected chi connectivity index (χ2v) is 4.44. The molecule has 1 N–H and O–H groups in total. The number of ether oxygens (including phenoxy) is 1. The molecule has 0 aliphatic carbocycles. The lowest BCUT2D eigenvalue weighted by atomic mass is 10.3. The van der Waals surface area contributed by atoms with Crippen molar-refractivity contribution in [3.8, 4) is 11.8 Å². The van der Waals surface area contributed by atoms with Gasteiger partial charge in [0.15, 0.2) is 0 Å². The first-order valence-corrected chi connectivity index (χ1v) is 6.11. The minimum atomic E-state index is -0.141. The van der Waals surface area contributed by atoms with E-state index in [-0.39, 0.29) is 25.0 Å². The van der Waals surface area contributed by atoms with E-state index in [9.17, 15) is 4.79 Å². The van der Waals surface area contributed by atoms with Crippen LogP contribution in [0.5, 0.6) is 5.75 Å². The number of anilines is 1. The van der Waals surface area contributed by atoms with Crippen molar-refractivity contribution < 1.29 is 9.53 Å². The third-order valence-electron chi connectivity index (χ3n) is 2.70. The molecule has 0 radical (unpaired) electrons. The van der Waals surface area contributed by atoms with Crippen LogP contribution in [0.15, 0.2) is 24.3 Å². The lowest BCUT2D eigenvalue weighted by molar-refractivity contribution is -0.117. The van der Waals surface area contributed by atoms with Crippen LogP contribution in [0.1, 0.15) is 13.8 Å². The first-order chi connectivity index (χ1) is 9.06. The molecule has 0 atom stereocenters. The first-order valence-electron chi connectivity index (χ1n) is 6.11. The van der Waals surface area contributed by atoms with Gasteiger partial charge in [-0.1, -0.05) is 6.07 Å². The number of rotatable bonds is 6. The second-order valence-electron chi connectivity index (χ2n) is 4.44. The Hall–Kier alpha value is -2.06. The fraction of sp³-hybridized carbons (Fsp3) is 0.429. The molecule has 0 saturated carbocycles. The molecule has 1 rings (SSSR count). The zero-order chi connectivity index (χ0) is 14.3. The summed E-state index contributed by atoms with van der Waals surface area (Å²) in [6.07, 6.45) is 0. The van der Waals surface area contributed by atoms with Gasteiger partial charge in [-0.15, -0.1) is 0 Å². The standard InChI is InChI=1S/C14H19N3O2/c1-11(2)17(8-7-15)10-14(18)16-12-5-4-6-13(9-12)19-3/h4-6,9,11H,8,10H2,1-3H3,(H,16,18). The zero-order valence-corrected chi connectivity index (χ0v) is 11.5.